The predicted octanol–water partition coefficient (Wildman–Crippen LogP) is 3.11. The van der Waals surface area contributed by atoms with E-state index in [4.69, 9.17) is 0 Å². The monoisotopic (exact) mass is 266 g/mol. The van der Waals surface area contributed by atoms with Crippen molar-refractivity contribution in [3.8, 4) is 0 Å². The van der Waals surface area contributed by atoms with E-state index >= 15 is 0 Å². The second-order valence-electron chi connectivity index (χ2n) is 4.84. The molecule has 1 aromatic rings. The first-order valence-corrected chi connectivity index (χ1v) is 6.65. The van der Waals surface area contributed by atoms with Gasteiger partial charge in [0.25, 0.3) is 5.69 Å². The maximum atomic E-state index is 10.8. The second kappa shape index (κ2) is 7.09. The average Bonchev–Trinajstić information content (AvgIpc) is 2.37. The lowest BCUT2D eigenvalue weighted by Crippen LogP contribution is -2.27. The van der Waals surface area contributed by atoms with Crippen LogP contribution >= 0.6 is 0 Å². The third kappa shape index (κ3) is 4.52. The molecule has 1 aromatic carbocycles. The molecule has 0 saturated heterocycles. The molecule has 0 radical (unpaired) electrons. The van der Waals surface area contributed by atoms with Crippen LogP contribution in [0.3, 0.4) is 0 Å². The SMILES string of the molecule is CCC(CC)C(O)CNc1cc(C)cc([N+](=O)[O-])c1. The lowest BCUT2D eigenvalue weighted by molar-refractivity contribution is -0.384. The molecule has 0 aliphatic rings. The van der Waals surface area contributed by atoms with Crippen LogP contribution < -0.4 is 5.32 Å². The fourth-order valence-electron chi connectivity index (χ4n) is 2.19. The van der Waals surface area contributed by atoms with Crippen LogP contribution in [0.25, 0.3) is 0 Å². The summed E-state index contributed by atoms with van der Waals surface area (Å²) >= 11 is 0. The van der Waals surface area contributed by atoms with E-state index in [-0.39, 0.29) is 11.6 Å². The zero-order valence-electron chi connectivity index (χ0n) is 11.7. The lowest BCUT2D eigenvalue weighted by Gasteiger charge is -2.20. The summed E-state index contributed by atoms with van der Waals surface area (Å²) in [5, 5.41) is 23.9. The van der Waals surface area contributed by atoms with E-state index in [1.807, 2.05) is 13.0 Å². The number of benzene rings is 1. The summed E-state index contributed by atoms with van der Waals surface area (Å²) in [5.74, 6) is 0.257. The molecule has 0 fully saturated rings. The number of aryl methyl sites for hydroxylation is 1. The van der Waals surface area contributed by atoms with Gasteiger partial charge in [0.2, 0.25) is 0 Å². The highest BCUT2D eigenvalue weighted by Crippen LogP contribution is 2.21. The average molecular weight is 266 g/mol. The van der Waals surface area contributed by atoms with Crippen LogP contribution in [0.4, 0.5) is 11.4 Å². The topological polar surface area (TPSA) is 75.4 Å². The van der Waals surface area contributed by atoms with Crippen molar-refractivity contribution in [3.63, 3.8) is 0 Å². The number of aliphatic hydroxyl groups excluding tert-OH is 1. The summed E-state index contributed by atoms with van der Waals surface area (Å²) in [6, 6.07) is 4.86. The van der Waals surface area contributed by atoms with Crippen molar-refractivity contribution in [1.82, 2.24) is 0 Å². The molecule has 0 aliphatic carbocycles. The maximum absolute atomic E-state index is 10.8. The van der Waals surface area contributed by atoms with Gasteiger partial charge in [0.1, 0.15) is 0 Å². The first-order chi connectivity index (χ1) is 8.97. The lowest BCUT2D eigenvalue weighted by atomic mass is 9.96. The number of anilines is 1. The number of nitro benzene ring substituents is 1. The van der Waals surface area contributed by atoms with Gasteiger partial charge in [0.05, 0.1) is 11.0 Å². The van der Waals surface area contributed by atoms with Gasteiger partial charge in [0.15, 0.2) is 0 Å². The highest BCUT2D eigenvalue weighted by atomic mass is 16.6. The molecule has 5 heteroatoms. The fraction of sp³-hybridized carbons (Fsp3) is 0.571. The van der Waals surface area contributed by atoms with Crippen LogP contribution in [0.15, 0.2) is 18.2 Å². The van der Waals surface area contributed by atoms with Gasteiger partial charge < -0.3 is 10.4 Å². The standard InChI is InChI=1S/C14H22N2O3/c1-4-11(5-2)14(17)9-15-12-6-10(3)7-13(8-12)16(18)19/h6-8,11,14-15,17H,4-5,9H2,1-3H3. The first kappa shape index (κ1) is 15.4. The number of non-ortho nitro benzene ring substituents is 1. The Labute approximate surface area is 113 Å². The van der Waals surface area contributed by atoms with Crippen LogP contribution in [-0.4, -0.2) is 22.7 Å². The summed E-state index contributed by atoms with van der Waals surface area (Å²) in [6.07, 6.45) is 1.41. The Morgan fingerprint density at radius 1 is 1.32 bits per heavy atom. The molecule has 0 heterocycles. The molecule has 0 aromatic heterocycles. The van der Waals surface area contributed by atoms with Gasteiger partial charge in [-0.3, -0.25) is 10.1 Å². The number of nitrogens with zero attached hydrogens (tertiary/aromatic N) is 1. The zero-order chi connectivity index (χ0) is 14.4. The summed E-state index contributed by atoms with van der Waals surface area (Å²) in [6.45, 7) is 6.33. The van der Waals surface area contributed by atoms with E-state index in [0.29, 0.717) is 12.2 Å². The third-order valence-corrected chi connectivity index (χ3v) is 3.38. The molecule has 0 spiro atoms. The summed E-state index contributed by atoms with van der Waals surface area (Å²) in [4.78, 5) is 10.4. The molecule has 1 unspecified atom stereocenters. The Morgan fingerprint density at radius 3 is 2.47 bits per heavy atom. The number of nitro groups is 1. The van der Waals surface area contributed by atoms with Gasteiger partial charge >= 0.3 is 0 Å². The first-order valence-electron chi connectivity index (χ1n) is 6.65. The Balaban J connectivity index is 2.70. The van der Waals surface area contributed by atoms with E-state index in [9.17, 15) is 15.2 Å². The summed E-state index contributed by atoms with van der Waals surface area (Å²) < 4.78 is 0. The minimum absolute atomic E-state index is 0.0690. The third-order valence-electron chi connectivity index (χ3n) is 3.38. The van der Waals surface area contributed by atoms with Gasteiger partial charge in [-0.2, -0.15) is 0 Å². The van der Waals surface area contributed by atoms with E-state index in [1.165, 1.54) is 12.1 Å². The van der Waals surface area contributed by atoms with Gasteiger partial charge in [-0.15, -0.1) is 0 Å². The van der Waals surface area contributed by atoms with Crippen molar-refractivity contribution in [2.75, 3.05) is 11.9 Å². The number of hydrogen-bond donors (Lipinski definition) is 2. The largest absolute Gasteiger partial charge is 0.391 e. The minimum Gasteiger partial charge on any atom is -0.391 e. The van der Waals surface area contributed by atoms with Crippen LogP contribution in [0.5, 0.6) is 0 Å². The smallest absolute Gasteiger partial charge is 0.271 e. The molecule has 5 nitrogen and oxygen atoms in total. The quantitative estimate of drug-likeness (QED) is 0.587. The Kier molecular flexibility index (Phi) is 5.76. The number of aliphatic hydroxyl groups is 1. The van der Waals surface area contributed by atoms with Crippen molar-refractivity contribution >= 4 is 11.4 Å². The molecular formula is C14H22N2O3. The molecule has 1 atom stereocenters. The summed E-state index contributed by atoms with van der Waals surface area (Å²) in [7, 11) is 0. The Morgan fingerprint density at radius 2 is 1.95 bits per heavy atom. The van der Waals surface area contributed by atoms with Gasteiger partial charge in [-0.05, 0) is 24.5 Å². The maximum Gasteiger partial charge on any atom is 0.271 e. The van der Waals surface area contributed by atoms with Crippen molar-refractivity contribution in [2.24, 2.45) is 5.92 Å². The highest BCUT2D eigenvalue weighted by Gasteiger charge is 2.15. The van der Waals surface area contributed by atoms with Crippen LogP contribution in [-0.2, 0) is 0 Å². The molecule has 0 aliphatic heterocycles. The number of hydrogen-bond acceptors (Lipinski definition) is 4. The Hall–Kier alpha value is -1.62. The summed E-state index contributed by atoms with van der Waals surface area (Å²) in [5.41, 5.74) is 1.57. The highest BCUT2D eigenvalue weighted by molar-refractivity contribution is 5.53. The molecular weight excluding hydrogens is 244 g/mol. The number of nitrogens with one attached hydrogen (secondary N) is 1. The second-order valence-corrected chi connectivity index (χ2v) is 4.84. The van der Waals surface area contributed by atoms with Crippen molar-refractivity contribution in [1.29, 1.82) is 0 Å². The minimum atomic E-state index is -0.436. The van der Waals surface area contributed by atoms with Crippen molar-refractivity contribution in [3.05, 3.63) is 33.9 Å². The van der Waals surface area contributed by atoms with E-state index in [1.54, 1.807) is 0 Å². The predicted molar refractivity (Wildman–Crippen MR) is 76.4 cm³/mol. The van der Waals surface area contributed by atoms with Crippen molar-refractivity contribution < 1.29 is 10.0 Å². The van der Waals surface area contributed by atoms with E-state index < -0.39 is 11.0 Å². The van der Waals surface area contributed by atoms with Crippen LogP contribution in [0, 0.1) is 23.0 Å². The molecule has 0 bridgehead atoms. The molecule has 2 N–H and O–H groups in total. The van der Waals surface area contributed by atoms with Crippen LogP contribution in [0.1, 0.15) is 32.3 Å². The normalized spacial score (nSPS) is 12.5. The zero-order valence-corrected chi connectivity index (χ0v) is 11.7. The molecule has 19 heavy (non-hydrogen) atoms. The van der Waals surface area contributed by atoms with Gasteiger partial charge in [-0.25, -0.2) is 0 Å². The molecule has 0 amide bonds. The molecule has 1 rings (SSSR count). The van der Waals surface area contributed by atoms with Crippen molar-refractivity contribution in [2.45, 2.75) is 39.7 Å². The number of rotatable bonds is 7. The Bertz CT molecular complexity index is 431. The fourth-order valence-corrected chi connectivity index (χ4v) is 2.19. The van der Waals surface area contributed by atoms with Gasteiger partial charge in [-0.1, -0.05) is 26.7 Å². The molecule has 106 valence electrons. The van der Waals surface area contributed by atoms with E-state index in [2.05, 4.69) is 19.2 Å². The van der Waals surface area contributed by atoms with E-state index in [0.717, 1.165) is 18.4 Å². The van der Waals surface area contributed by atoms with Crippen LogP contribution in [0.2, 0.25) is 0 Å². The van der Waals surface area contributed by atoms with Gasteiger partial charge in [0, 0.05) is 24.4 Å². The molecule has 0 saturated carbocycles.